The van der Waals surface area contributed by atoms with Gasteiger partial charge in [0.25, 0.3) is 0 Å². The van der Waals surface area contributed by atoms with Gasteiger partial charge in [-0.15, -0.1) is 0 Å². The van der Waals surface area contributed by atoms with E-state index in [1.165, 1.54) is 0 Å². The Balaban J connectivity index is 1.67. The number of carbonyl (C=O) groups excluding carboxylic acids is 3. The Bertz CT molecular complexity index is 1110. The third kappa shape index (κ3) is 3.91. The number of hydrogen-bond acceptors (Lipinski definition) is 5. The van der Waals surface area contributed by atoms with Crippen molar-refractivity contribution in [3.63, 3.8) is 0 Å². The quantitative estimate of drug-likeness (QED) is 0.602. The van der Waals surface area contributed by atoms with E-state index < -0.39 is 17.4 Å². The van der Waals surface area contributed by atoms with Crippen LogP contribution in [0.5, 0.6) is 0 Å². The van der Waals surface area contributed by atoms with E-state index in [9.17, 15) is 14.4 Å². The first-order valence-electron chi connectivity index (χ1n) is 11.5. The van der Waals surface area contributed by atoms with Crippen molar-refractivity contribution in [2.75, 3.05) is 17.2 Å². The molecule has 1 saturated heterocycles. The minimum atomic E-state index is -1.12. The van der Waals surface area contributed by atoms with Crippen LogP contribution in [0.4, 0.5) is 11.4 Å². The fourth-order valence-corrected chi connectivity index (χ4v) is 5.03. The molecule has 0 bridgehead atoms. The monoisotopic (exact) mass is 449 g/mol. The van der Waals surface area contributed by atoms with E-state index in [0.717, 1.165) is 22.4 Å². The van der Waals surface area contributed by atoms with Crippen LogP contribution in [0.3, 0.4) is 0 Å². The second kappa shape index (κ2) is 8.63. The van der Waals surface area contributed by atoms with Crippen molar-refractivity contribution in [1.82, 2.24) is 5.32 Å². The lowest BCUT2D eigenvalue weighted by Crippen LogP contribution is -2.52. The Labute approximate surface area is 194 Å². The summed E-state index contributed by atoms with van der Waals surface area (Å²) in [6.07, 6.45) is 0.546. The summed E-state index contributed by atoms with van der Waals surface area (Å²) in [5, 5.41) is 9.54. The lowest BCUT2D eigenvalue weighted by atomic mass is 9.78. The lowest BCUT2D eigenvalue weighted by molar-refractivity contribution is -0.130. The van der Waals surface area contributed by atoms with Crippen LogP contribution < -0.4 is 16.0 Å². The number of nitrogens with one attached hydrogen (secondary N) is 3. The van der Waals surface area contributed by atoms with Gasteiger partial charge in [-0.1, -0.05) is 31.5 Å². The van der Waals surface area contributed by atoms with E-state index in [0.29, 0.717) is 24.3 Å². The van der Waals surface area contributed by atoms with E-state index in [-0.39, 0.29) is 23.8 Å². The third-order valence-corrected chi connectivity index (χ3v) is 6.71. The maximum absolute atomic E-state index is 13.6. The van der Waals surface area contributed by atoms with E-state index in [2.05, 4.69) is 29.8 Å². The summed E-state index contributed by atoms with van der Waals surface area (Å²) in [6, 6.07) is 10.7. The fourth-order valence-electron chi connectivity index (χ4n) is 5.03. The molecule has 0 radical (unpaired) electrons. The van der Waals surface area contributed by atoms with Gasteiger partial charge in [0.05, 0.1) is 18.1 Å². The maximum atomic E-state index is 13.6. The van der Waals surface area contributed by atoms with E-state index in [1.807, 2.05) is 26.0 Å². The Hall–Kier alpha value is -3.19. The number of ether oxygens (including phenoxy) is 1. The lowest BCUT2D eigenvalue weighted by Gasteiger charge is -2.30. The highest BCUT2D eigenvalue weighted by Gasteiger charge is 2.60. The Morgan fingerprint density at radius 2 is 1.88 bits per heavy atom. The smallest absolute Gasteiger partial charge is 0.338 e. The van der Waals surface area contributed by atoms with Gasteiger partial charge in [0, 0.05) is 23.0 Å². The number of anilines is 2. The Kier molecular flexibility index (Phi) is 6.01. The molecule has 33 heavy (non-hydrogen) atoms. The van der Waals surface area contributed by atoms with Crippen molar-refractivity contribution in [2.24, 2.45) is 11.8 Å². The first-order chi connectivity index (χ1) is 15.7. The normalized spacial score (nSPS) is 23.5. The molecule has 0 unspecified atom stereocenters. The average Bonchev–Trinajstić information content (AvgIpc) is 3.30. The Morgan fingerprint density at radius 3 is 2.52 bits per heavy atom. The van der Waals surface area contributed by atoms with Crippen LogP contribution in [0.2, 0.25) is 0 Å². The number of rotatable bonds is 5. The van der Waals surface area contributed by atoms with Crippen molar-refractivity contribution < 1.29 is 19.1 Å². The third-order valence-electron chi connectivity index (χ3n) is 6.71. The predicted octanol–water partition coefficient (Wildman–Crippen LogP) is 3.90. The van der Waals surface area contributed by atoms with Gasteiger partial charge in [-0.25, -0.2) is 4.79 Å². The topological polar surface area (TPSA) is 96.5 Å². The predicted molar refractivity (Wildman–Crippen MR) is 127 cm³/mol. The minimum Gasteiger partial charge on any atom is -0.462 e. The van der Waals surface area contributed by atoms with Crippen LogP contribution in [-0.2, 0) is 19.9 Å². The molecular formula is C26H31N3O4. The first kappa shape index (κ1) is 23.0. The molecule has 0 aromatic heterocycles. The average molecular weight is 450 g/mol. The molecule has 2 aliphatic rings. The van der Waals surface area contributed by atoms with Gasteiger partial charge >= 0.3 is 5.97 Å². The molecular weight excluding hydrogens is 418 g/mol. The van der Waals surface area contributed by atoms with Crippen molar-refractivity contribution in [2.45, 2.75) is 52.6 Å². The van der Waals surface area contributed by atoms with Gasteiger partial charge in [0.1, 0.15) is 5.54 Å². The summed E-state index contributed by atoms with van der Waals surface area (Å²) < 4.78 is 5.01. The molecule has 2 amide bonds. The van der Waals surface area contributed by atoms with Gasteiger partial charge in [-0.2, -0.15) is 0 Å². The summed E-state index contributed by atoms with van der Waals surface area (Å²) in [4.78, 5) is 38.9. The van der Waals surface area contributed by atoms with Gasteiger partial charge in [0.15, 0.2) is 0 Å². The zero-order valence-corrected chi connectivity index (χ0v) is 19.7. The molecule has 7 nitrogen and oxygen atoms in total. The highest BCUT2D eigenvalue weighted by atomic mass is 16.5. The number of benzene rings is 2. The minimum absolute atomic E-state index is 0.0180. The summed E-state index contributed by atoms with van der Waals surface area (Å²) in [5.41, 5.74) is 3.53. The Morgan fingerprint density at radius 1 is 1.18 bits per heavy atom. The number of fused-ring (bicyclic) bond motifs is 2. The van der Waals surface area contributed by atoms with E-state index in [4.69, 9.17) is 4.74 Å². The molecule has 3 atom stereocenters. The summed E-state index contributed by atoms with van der Waals surface area (Å²) in [6.45, 7) is 10.2. The standard InChI is InChI=1S/C26H31N3O4/c1-6-33-24(31)17-7-9-18(10-8-17)27-23(30)20-13-21(14(2)3)29-26(20)19-12-15(4)11-16(5)22(19)28-25(26)32/h7-12,14,20-21,29H,6,13H2,1-5H3,(H,27,30)(H,28,32)/t20-,21-,26+/m1/s1. The van der Waals surface area contributed by atoms with Crippen LogP contribution in [0.1, 0.15) is 54.2 Å². The first-order valence-corrected chi connectivity index (χ1v) is 11.5. The van der Waals surface area contributed by atoms with Gasteiger partial charge in [-0.3, -0.25) is 14.9 Å². The molecule has 2 aromatic rings. The van der Waals surface area contributed by atoms with Crippen LogP contribution >= 0.6 is 0 Å². The van der Waals surface area contributed by atoms with Crippen molar-refractivity contribution >= 4 is 29.2 Å². The highest BCUT2D eigenvalue weighted by molar-refractivity contribution is 6.11. The zero-order valence-electron chi connectivity index (χ0n) is 19.7. The fraction of sp³-hybridized carbons (Fsp3) is 0.423. The zero-order chi connectivity index (χ0) is 23.9. The number of aryl methyl sites for hydroxylation is 2. The second-order valence-electron chi connectivity index (χ2n) is 9.34. The summed E-state index contributed by atoms with van der Waals surface area (Å²) in [7, 11) is 0. The van der Waals surface area contributed by atoms with Gasteiger partial charge < -0.3 is 15.4 Å². The molecule has 0 aliphatic carbocycles. The van der Waals surface area contributed by atoms with Crippen molar-refractivity contribution in [3.05, 3.63) is 58.7 Å². The van der Waals surface area contributed by atoms with E-state index >= 15 is 0 Å². The van der Waals surface area contributed by atoms with Gasteiger partial charge in [-0.05, 0) is 62.9 Å². The summed E-state index contributed by atoms with van der Waals surface area (Å²) >= 11 is 0. The molecule has 0 saturated carbocycles. The van der Waals surface area contributed by atoms with Crippen LogP contribution in [0.25, 0.3) is 0 Å². The van der Waals surface area contributed by atoms with Crippen LogP contribution in [-0.4, -0.2) is 30.4 Å². The molecule has 1 spiro atoms. The number of esters is 1. The molecule has 2 aromatic carbocycles. The maximum Gasteiger partial charge on any atom is 0.338 e. The number of amides is 2. The molecule has 2 aliphatic heterocycles. The van der Waals surface area contributed by atoms with Crippen LogP contribution in [0.15, 0.2) is 36.4 Å². The molecule has 7 heteroatoms. The highest BCUT2D eigenvalue weighted by Crippen LogP contribution is 2.49. The molecule has 1 fully saturated rings. The molecule has 3 N–H and O–H groups in total. The number of hydrogen-bond donors (Lipinski definition) is 3. The molecule has 174 valence electrons. The van der Waals surface area contributed by atoms with Gasteiger partial charge in [0.2, 0.25) is 11.8 Å². The van der Waals surface area contributed by atoms with Crippen LogP contribution in [0, 0.1) is 25.7 Å². The summed E-state index contributed by atoms with van der Waals surface area (Å²) in [5.74, 6) is -1.15. The van der Waals surface area contributed by atoms with E-state index in [1.54, 1.807) is 31.2 Å². The van der Waals surface area contributed by atoms with Crippen molar-refractivity contribution in [1.29, 1.82) is 0 Å². The molecule has 4 rings (SSSR count). The van der Waals surface area contributed by atoms with Crippen molar-refractivity contribution in [3.8, 4) is 0 Å². The molecule has 2 heterocycles. The largest absolute Gasteiger partial charge is 0.462 e. The SMILES string of the molecule is CCOC(=O)c1ccc(NC(=O)[C@H]2C[C@H](C(C)C)N[C@]23C(=O)Nc2c(C)cc(C)cc23)cc1. The number of carbonyl (C=O) groups is 3. The second-order valence-corrected chi connectivity index (χ2v) is 9.34.